The SMILES string of the molecule is CCCCCCc1cc2c(s1)c1c3sc(CCCCCC)cc3c3c4ccccc4c4c5cc(CCCCCC)sc5c5c6sc(CCCCCC)cc6c6c7ccccc7c2c2c6c5c4c3c12. The molecule has 0 N–H and O–H groups in total. The summed E-state index contributed by atoms with van der Waals surface area (Å²) < 4.78 is 6.14. The molecule has 0 amide bonds. The Morgan fingerprint density at radius 3 is 0.721 bits per heavy atom. The standard InChI is InChI=1S/C64H64S4/c1-5-9-13-17-25-37-33-45-49-41-29-21-22-30-42(41)50-47-35-39(27-19-15-11-7-3)67-63(47)60-58-54(50)53(49)57-55-51(46-34-38(26-18-14-10-6-2)66-62(46)59(57)61(45)65-37)43-31-23-24-32-44(43)52(56(55)58)48-36-40(68-64(48)60)28-20-16-12-8-4/h21-24,29-36H,5-20,25-28H2,1-4H3. The third-order valence-corrected chi connectivity index (χ3v) is 21.0. The summed E-state index contributed by atoms with van der Waals surface area (Å²) in [6.07, 6.45) is 25.4. The number of rotatable bonds is 20. The van der Waals surface area contributed by atoms with E-state index in [1.165, 1.54) is 212 Å². The largest absolute Gasteiger partial charge is 0.140 e. The summed E-state index contributed by atoms with van der Waals surface area (Å²) in [5, 5.41) is 30.2. The van der Waals surface area contributed by atoms with Gasteiger partial charge in [0, 0.05) is 103 Å². The summed E-state index contributed by atoms with van der Waals surface area (Å²) in [5.74, 6) is 0. The van der Waals surface area contributed by atoms with Crippen molar-refractivity contribution in [2.45, 2.75) is 156 Å². The quantitative estimate of drug-likeness (QED) is 0.0406. The average Bonchev–Trinajstić information content (AvgIpc) is 4.18. The Morgan fingerprint density at radius 1 is 0.250 bits per heavy atom. The lowest BCUT2D eigenvalue weighted by Gasteiger charge is -2.26. The van der Waals surface area contributed by atoms with Crippen LogP contribution in [0.25, 0.3) is 127 Å². The van der Waals surface area contributed by atoms with Gasteiger partial charge in [-0.2, -0.15) is 0 Å². The van der Waals surface area contributed by atoms with Crippen molar-refractivity contribution in [3.63, 3.8) is 0 Å². The van der Waals surface area contributed by atoms with Crippen molar-refractivity contribution in [2.24, 2.45) is 0 Å². The van der Waals surface area contributed by atoms with Crippen LogP contribution >= 0.6 is 45.3 Å². The Hall–Kier alpha value is -4.32. The Bertz CT molecular complexity index is 3470. The molecule has 0 fully saturated rings. The zero-order valence-corrected chi connectivity index (χ0v) is 44.0. The van der Waals surface area contributed by atoms with E-state index in [9.17, 15) is 0 Å². The van der Waals surface area contributed by atoms with E-state index in [1.54, 1.807) is 62.6 Å². The molecule has 0 unspecified atom stereocenters. The van der Waals surface area contributed by atoms with Crippen LogP contribution in [0.5, 0.6) is 0 Å². The van der Waals surface area contributed by atoms with Crippen LogP contribution in [0.15, 0.2) is 72.8 Å². The second kappa shape index (κ2) is 17.8. The van der Waals surface area contributed by atoms with Crippen LogP contribution in [0.3, 0.4) is 0 Å². The molecular weight excluding hydrogens is 897 g/mol. The highest BCUT2D eigenvalue weighted by atomic mass is 32.1. The summed E-state index contributed by atoms with van der Waals surface area (Å²) in [6.45, 7) is 9.36. The Morgan fingerprint density at radius 2 is 0.485 bits per heavy atom. The number of hydrogen-bond acceptors (Lipinski definition) is 4. The molecule has 13 rings (SSSR count). The number of benzene rings is 9. The van der Waals surface area contributed by atoms with Gasteiger partial charge in [0.2, 0.25) is 0 Å². The predicted octanol–water partition coefficient (Wildman–Crippen LogP) is 22.6. The molecule has 0 saturated heterocycles. The second-order valence-electron chi connectivity index (χ2n) is 20.7. The first-order valence-electron chi connectivity index (χ1n) is 26.8. The van der Waals surface area contributed by atoms with Gasteiger partial charge < -0.3 is 0 Å². The molecule has 4 heteroatoms. The zero-order valence-electron chi connectivity index (χ0n) is 40.7. The molecule has 0 bridgehead atoms. The van der Waals surface area contributed by atoms with Gasteiger partial charge in [0.05, 0.1) is 0 Å². The molecule has 0 saturated carbocycles. The molecule has 9 aromatic carbocycles. The molecule has 68 heavy (non-hydrogen) atoms. The van der Waals surface area contributed by atoms with E-state index < -0.39 is 0 Å². The van der Waals surface area contributed by atoms with E-state index in [2.05, 4.69) is 146 Å². The van der Waals surface area contributed by atoms with Gasteiger partial charge in [-0.25, -0.2) is 0 Å². The number of hydrogen-bond donors (Lipinski definition) is 0. The summed E-state index contributed by atoms with van der Waals surface area (Å²) in [4.78, 5) is 6.27. The lowest BCUT2D eigenvalue weighted by molar-refractivity contribution is 0.670. The topological polar surface area (TPSA) is 0 Å². The molecule has 4 heterocycles. The fourth-order valence-electron chi connectivity index (χ4n) is 13.1. The minimum atomic E-state index is 1.17. The minimum Gasteiger partial charge on any atom is -0.140 e. The van der Waals surface area contributed by atoms with Crippen molar-refractivity contribution < 1.29 is 0 Å². The molecule has 0 spiro atoms. The Kier molecular flexibility index (Phi) is 11.4. The van der Waals surface area contributed by atoms with Crippen molar-refractivity contribution in [1.82, 2.24) is 0 Å². The zero-order chi connectivity index (χ0) is 45.6. The summed E-state index contributed by atoms with van der Waals surface area (Å²) in [6, 6.07) is 30.0. The summed E-state index contributed by atoms with van der Waals surface area (Å²) in [5.41, 5.74) is 0. The van der Waals surface area contributed by atoms with Gasteiger partial charge in [-0.15, -0.1) is 45.3 Å². The number of thiophene rings is 4. The monoisotopic (exact) mass is 960 g/mol. The van der Waals surface area contributed by atoms with Gasteiger partial charge >= 0.3 is 0 Å². The Labute approximate surface area is 417 Å². The van der Waals surface area contributed by atoms with Crippen molar-refractivity contribution in [3.8, 4) is 0 Å². The molecule has 0 aliphatic heterocycles. The van der Waals surface area contributed by atoms with Gasteiger partial charge in [-0.05, 0) is 119 Å². The van der Waals surface area contributed by atoms with E-state index in [-0.39, 0.29) is 0 Å². The van der Waals surface area contributed by atoms with Gasteiger partial charge in [0.25, 0.3) is 0 Å². The number of aryl methyl sites for hydroxylation is 4. The van der Waals surface area contributed by atoms with Gasteiger partial charge in [-0.3, -0.25) is 0 Å². The Balaban J connectivity index is 1.28. The molecule has 344 valence electrons. The van der Waals surface area contributed by atoms with Crippen LogP contribution in [0.4, 0.5) is 0 Å². The van der Waals surface area contributed by atoms with Crippen LogP contribution in [0.1, 0.15) is 150 Å². The maximum absolute atomic E-state index is 2.68. The lowest BCUT2D eigenvalue weighted by Crippen LogP contribution is -1.96. The fourth-order valence-corrected chi connectivity index (χ4v) is 18.2. The van der Waals surface area contributed by atoms with Crippen molar-refractivity contribution in [2.75, 3.05) is 0 Å². The number of fused-ring (bicyclic) bond motifs is 18. The fraction of sp³-hybridized carbons (Fsp3) is 0.375. The molecule has 4 aromatic heterocycles. The van der Waals surface area contributed by atoms with Gasteiger partial charge in [0.1, 0.15) is 0 Å². The highest BCUT2D eigenvalue weighted by molar-refractivity contribution is 7.24. The van der Waals surface area contributed by atoms with Crippen molar-refractivity contribution in [3.05, 3.63) is 92.3 Å². The first-order chi connectivity index (χ1) is 33.6. The molecule has 0 nitrogen and oxygen atoms in total. The maximum atomic E-state index is 2.68. The first kappa shape index (κ1) is 43.7. The van der Waals surface area contributed by atoms with Crippen molar-refractivity contribution in [1.29, 1.82) is 0 Å². The highest BCUT2D eigenvalue weighted by Crippen LogP contribution is 2.62. The summed E-state index contributed by atoms with van der Waals surface area (Å²) in [7, 11) is 0. The molecular formula is C64H64S4. The third kappa shape index (κ3) is 6.59. The molecule has 0 aliphatic rings. The van der Waals surface area contributed by atoms with Crippen molar-refractivity contribution >= 4 is 172 Å². The van der Waals surface area contributed by atoms with E-state index in [4.69, 9.17) is 0 Å². The van der Waals surface area contributed by atoms with Crippen LogP contribution in [-0.2, 0) is 25.7 Å². The third-order valence-electron chi connectivity index (χ3n) is 16.2. The van der Waals surface area contributed by atoms with E-state index in [1.807, 2.05) is 0 Å². The van der Waals surface area contributed by atoms with Crippen LogP contribution in [-0.4, -0.2) is 0 Å². The first-order valence-corrected chi connectivity index (χ1v) is 30.1. The molecule has 13 aromatic rings. The smallest absolute Gasteiger partial charge is 0.0445 e. The van der Waals surface area contributed by atoms with E-state index in [0.717, 1.165) is 0 Å². The summed E-state index contributed by atoms with van der Waals surface area (Å²) >= 11 is 8.57. The normalized spacial score (nSPS) is 13.0. The van der Waals surface area contributed by atoms with E-state index >= 15 is 0 Å². The maximum Gasteiger partial charge on any atom is 0.0445 e. The van der Waals surface area contributed by atoms with Crippen LogP contribution in [0, 0.1) is 0 Å². The minimum absolute atomic E-state index is 1.17. The van der Waals surface area contributed by atoms with Crippen LogP contribution in [0.2, 0.25) is 0 Å². The molecule has 0 aliphatic carbocycles. The van der Waals surface area contributed by atoms with Crippen LogP contribution < -0.4 is 0 Å². The average molecular weight is 961 g/mol. The van der Waals surface area contributed by atoms with Gasteiger partial charge in [0.15, 0.2) is 0 Å². The molecule has 0 radical (unpaired) electrons. The highest BCUT2D eigenvalue weighted by Gasteiger charge is 2.32. The predicted molar refractivity (Wildman–Crippen MR) is 313 cm³/mol. The lowest BCUT2D eigenvalue weighted by atomic mass is 9.77. The van der Waals surface area contributed by atoms with E-state index in [0.29, 0.717) is 0 Å². The number of unbranched alkanes of at least 4 members (excludes halogenated alkanes) is 12. The molecule has 0 atom stereocenters. The van der Waals surface area contributed by atoms with Gasteiger partial charge in [-0.1, -0.05) is 153 Å². The second-order valence-corrected chi connectivity index (χ2v) is 25.2.